The Hall–Kier alpha value is -9.07. The van der Waals surface area contributed by atoms with Crippen LogP contribution in [0.25, 0.3) is 0 Å². The van der Waals surface area contributed by atoms with E-state index in [1.165, 1.54) is 19.4 Å². The molecule has 1 aliphatic rings. The molecule has 1 aliphatic heterocycles. The SMILES string of the molecule is CC(=O)CN1CCN(C(CCC(=O)NCCOCCOCCNC(=O)CCCc2ccc(I)cc2)C(C)=O)CCN(CC(=O)OC(C)(C)C)CCN(C(CCC(=O)NCC(=O)C[C@@H](Cc2ccc(OCC(=O)N[C@@H](Cc3ccccc3)C(=O)NCCCC[C@H](NC(=O)N[C@@H](CCC(=O)OC(C)(C)C)C(=O)OC(C)(C)C)C(C)(C)C)cc2)C(=O)O)C(=O)OC(C)(C)C)CC1. The first-order valence-corrected chi connectivity index (χ1v) is 45.7. The van der Waals surface area contributed by atoms with E-state index in [1.54, 1.807) is 107 Å². The molecule has 716 valence electrons. The van der Waals surface area contributed by atoms with Gasteiger partial charge in [-0.3, -0.25) is 77.1 Å². The van der Waals surface area contributed by atoms with Crippen molar-refractivity contribution >= 4 is 105 Å². The molecule has 0 radical (unpaired) electrons. The quantitative estimate of drug-likeness (QED) is 0.0114. The second-order valence-corrected chi connectivity index (χ2v) is 38.9. The van der Waals surface area contributed by atoms with Gasteiger partial charge >= 0.3 is 35.9 Å². The van der Waals surface area contributed by atoms with Crippen LogP contribution in [0.3, 0.4) is 0 Å². The first kappa shape index (κ1) is 111. The van der Waals surface area contributed by atoms with Crippen LogP contribution in [-0.4, -0.2) is 285 Å². The number of carbonyl (C=O) groups is 14. The van der Waals surface area contributed by atoms with E-state index >= 15 is 0 Å². The van der Waals surface area contributed by atoms with Crippen molar-refractivity contribution in [2.45, 2.75) is 267 Å². The lowest BCUT2D eigenvalue weighted by atomic mass is 9.84. The maximum atomic E-state index is 14.5. The first-order chi connectivity index (χ1) is 60.0. The van der Waals surface area contributed by atoms with Gasteiger partial charge in [-0.1, -0.05) is 75.4 Å². The van der Waals surface area contributed by atoms with Crippen molar-refractivity contribution in [1.29, 1.82) is 0 Å². The third-order valence-corrected chi connectivity index (χ3v) is 21.0. The number of carboxylic acid groups (broad SMARTS) is 1. The number of ketones is 3. The number of halogens is 1. The second kappa shape index (κ2) is 56.5. The standard InChI is InChI=1S/C94H146IN11O22/c1-65(107)62-103-46-50-105(76(66(2)108)38-40-80(111)97-45-55-123-57-56-122-54-44-96-79(110)28-23-26-67-29-33-71(95)34-30-67)51-48-104(63-84(115)126-92(9,10)11)49-53-106(52-47-103)77(88(120)128-94(15,16)17)39-41-81(112)99-61-72(109)60-70(86(117)118)58-69-31-35-73(36-32-69)124-64-82(113)100-75(59-68-24-19-18-20-25-68)85(116)98-43-22-21-27-78(90(3,4)5)102-89(121)101-74(87(119)127-93(12,13)14)37-42-83(114)125-91(6,7)8/h18-20,24-25,29-36,70,74-78H,21-23,26-28,37-64H2,1-17H3,(H,96,110)(H,97,111)(H,98,116)(H,99,112)(H,100,113)(H,117,118)(H2,101,102,121)/t70-,74+,75+,76?,77?,78+/m1/s1. The number of amides is 7. The Morgan fingerprint density at radius 1 is 0.453 bits per heavy atom. The normalized spacial score (nSPS) is 15.1. The third-order valence-electron chi connectivity index (χ3n) is 20.3. The van der Waals surface area contributed by atoms with E-state index in [1.807, 2.05) is 82.8 Å². The highest BCUT2D eigenvalue weighted by Gasteiger charge is 2.36. The van der Waals surface area contributed by atoms with Crippen LogP contribution in [0.4, 0.5) is 4.79 Å². The largest absolute Gasteiger partial charge is 0.484 e. The number of carboxylic acids is 1. The zero-order valence-electron chi connectivity index (χ0n) is 78.7. The highest BCUT2D eigenvalue weighted by Crippen LogP contribution is 2.26. The summed E-state index contributed by atoms with van der Waals surface area (Å²) >= 11 is 2.26. The summed E-state index contributed by atoms with van der Waals surface area (Å²) in [7, 11) is 0. The second-order valence-electron chi connectivity index (χ2n) is 37.6. The van der Waals surface area contributed by atoms with E-state index < -0.39 is 137 Å². The fourth-order valence-corrected chi connectivity index (χ4v) is 14.3. The summed E-state index contributed by atoms with van der Waals surface area (Å²) in [4.78, 5) is 195. The molecule has 0 bridgehead atoms. The molecule has 1 saturated heterocycles. The number of urea groups is 1. The average molecular weight is 1910 g/mol. The predicted octanol–water partition coefficient (Wildman–Crippen LogP) is 8.22. The van der Waals surface area contributed by atoms with Gasteiger partial charge in [-0.25, -0.2) is 9.59 Å². The Labute approximate surface area is 770 Å². The number of unbranched alkanes of at least 4 members (excludes halogenated alkanes) is 1. The van der Waals surface area contributed by atoms with Crippen molar-refractivity contribution in [2.24, 2.45) is 11.3 Å². The number of nitrogens with one attached hydrogen (secondary N) is 7. The molecule has 2 unspecified atom stereocenters. The number of hydrogen-bond donors (Lipinski definition) is 8. The maximum Gasteiger partial charge on any atom is 0.329 e. The molecule has 4 rings (SSSR count). The Morgan fingerprint density at radius 2 is 0.961 bits per heavy atom. The van der Waals surface area contributed by atoms with Gasteiger partial charge in [-0.15, -0.1) is 0 Å². The van der Waals surface area contributed by atoms with Crippen LogP contribution in [0.2, 0.25) is 0 Å². The molecular formula is C94H146IN11O22. The Balaban J connectivity index is 1.33. The number of aliphatic carboxylic acids is 1. The molecule has 128 heavy (non-hydrogen) atoms. The lowest BCUT2D eigenvalue weighted by Gasteiger charge is -2.38. The van der Waals surface area contributed by atoms with E-state index in [2.05, 4.69) is 71.9 Å². The van der Waals surface area contributed by atoms with Crippen molar-refractivity contribution in [1.82, 2.24) is 56.8 Å². The number of rotatable bonds is 52. The van der Waals surface area contributed by atoms with E-state index in [0.29, 0.717) is 51.0 Å². The zero-order chi connectivity index (χ0) is 95.4. The summed E-state index contributed by atoms with van der Waals surface area (Å²) in [6, 6.07) is 18.7. The minimum atomic E-state index is -1.26. The van der Waals surface area contributed by atoms with Crippen molar-refractivity contribution in [2.75, 3.05) is 125 Å². The molecule has 0 saturated carbocycles. The lowest BCUT2D eigenvalue weighted by molar-refractivity contribution is -0.163. The van der Waals surface area contributed by atoms with Crippen LogP contribution >= 0.6 is 22.6 Å². The molecule has 33 nitrogen and oxygen atoms in total. The molecular weight excluding hydrogens is 1760 g/mol. The van der Waals surface area contributed by atoms with Gasteiger partial charge in [0, 0.05) is 120 Å². The topological polar surface area (TPSA) is 421 Å². The van der Waals surface area contributed by atoms with Crippen LogP contribution in [-0.2, 0) is 110 Å². The third kappa shape index (κ3) is 50.2. The fourth-order valence-electron chi connectivity index (χ4n) is 14.0. The summed E-state index contributed by atoms with van der Waals surface area (Å²) in [6.07, 6.45) is 2.84. The van der Waals surface area contributed by atoms with Crippen molar-refractivity contribution < 1.29 is 105 Å². The number of esters is 4. The zero-order valence-corrected chi connectivity index (χ0v) is 80.9. The minimum Gasteiger partial charge on any atom is -0.484 e. The Bertz CT molecular complexity index is 4010. The molecule has 0 aliphatic carbocycles. The molecule has 0 aromatic heterocycles. The molecule has 1 fully saturated rings. The van der Waals surface area contributed by atoms with Crippen molar-refractivity contribution in [3.63, 3.8) is 0 Å². The van der Waals surface area contributed by atoms with Gasteiger partial charge in [0.25, 0.3) is 5.91 Å². The molecule has 3 aromatic carbocycles. The van der Waals surface area contributed by atoms with Gasteiger partial charge in [-0.2, -0.15) is 0 Å². The van der Waals surface area contributed by atoms with Crippen LogP contribution in [0.5, 0.6) is 5.75 Å². The summed E-state index contributed by atoms with van der Waals surface area (Å²) < 4.78 is 41.0. The number of ether oxygens (including phenoxy) is 7. The number of Topliss-reactive ketones (excluding diaryl/α,β-unsaturated/α-hetero) is 3. The average Bonchev–Trinajstić information content (AvgIpc) is 0.859. The number of aryl methyl sites for hydroxylation is 1. The van der Waals surface area contributed by atoms with E-state index in [-0.39, 0.29) is 178 Å². The van der Waals surface area contributed by atoms with Crippen LogP contribution in [0.1, 0.15) is 211 Å². The van der Waals surface area contributed by atoms with E-state index in [0.717, 1.165) is 22.0 Å². The monoisotopic (exact) mass is 1910 g/mol. The minimum absolute atomic E-state index is 0.0152. The molecule has 6 atom stereocenters. The van der Waals surface area contributed by atoms with Crippen LogP contribution in [0, 0.1) is 14.9 Å². The van der Waals surface area contributed by atoms with Gasteiger partial charge in [0.1, 0.15) is 57.8 Å². The molecule has 0 spiro atoms. The number of carbonyl (C=O) groups excluding carboxylic acids is 13. The summed E-state index contributed by atoms with van der Waals surface area (Å²) in [6.45, 7) is 32.1. The Morgan fingerprint density at radius 3 is 1.50 bits per heavy atom. The smallest absolute Gasteiger partial charge is 0.329 e. The number of nitrogens with zero attached hydrogens (tertiary/aromatic N) is 4. The van der Waals surface area contributed by atoms with Gasteiger partial charge in [0.15, 0.2) is 12.4 Å². The number of hydrogen-bond acceptors (Lipinski definition) is 25. The Kier molecular flexibility index (Phi) is 49.1. The van der Waals surface area contributed by atoms with Gasteiger partial charge in [-0.05, 0) is 224 Å². The molecule has 3 aromatic rings. The molecule has 34 heteroatoms. The van der Waals surface area contributed by atoms with Crippen LogP contribution < -0.4 is 42.0 Å². The highest BCUT2D eigenvalue weighted by atomic mass is 127. The van der Waals surface area contributed by atoms with E-state index in [9.17, 15) is 72.2 Å². The summed E-state index contributed by atoms with van der Waals surface area (Å²) in [5.41, 5.74) is -1.32. The number of benzene rings is 3. The van der Waals surface area contributed by atoms with Gasteiger partial charge < -0.3 is 75.5 Å². The maximum absolute atomic E-state index is 14.5. The van der Waals surface area contributed by atoms with Crippen LogP contribution in [0.15, 0.2) is 78.9 Å². The van der Waals surface area contributed by atoms with E-state index in [4.69, 9.17) is 33.2 Å². The highest BCUT2D eigenvalue weighted by molar-refractivity contribution is 14.1. The fraction of sp³-hybridized carbons (Fsp3) is 0.660. The van der Waals surface area contributed by atoms with Crippen molar-refractivity contribution in [3.05, 3.63) is 99.1 Å². The van der Waals surface area contributed by atoms with Crippen molar-refractivity contribution in [3.8, 4) is 5.75 Å². The summed E-state index contributed by atoms with van der Waals surface area (Å²) in [5, 5.41) is 30.1. The molecule has 8 N–H and O–H groups in total. The predicted molar refractivity (Wildman–Crippen MR) is 493 cm³/mol. The molecule has 1 heterocycles. The van der Waals surface area contributed by atoms with Gasteiger partial charge in [0.2, 0.25) is 23.6 Å². The molecule has 7 amide bonds. The summed E-state index contributed by atoms with van der Waals surface area (Å²) in [5.74, 6) is -7.44. The lowest BCUT2D eigenvalue weighted by Crippen LogP contribution is -2.54. The van der Waals surface area contributed by atoms with Gasteiger partial charge in [0.05, 0.1) is 58.0 Å². The first-order valence-electron chi connectivity index (χ1n) is 44.6.